The quantitative estimate of drug-likeness (QED) is 0.700. The van der Waals surface area contributed by atoms with Gasteiger partial charge in [-0.1, -0.05) is 18.2 Å². The van der Waals surface area contributed by atoms with Gasteiger partial charge in [0, 0.05) is 56.7 Å². The molecule has 0 spiro atoms. The van der Waals surface area contributed by atoms with Crippen LogP contribution in [0.4, 0.5) is 17.6 Å². The fourth-order valence-corrected chi connectivity index (χ4v) is 3.24. The predicted octanol–water partition coefficient (Wildman–Crippen LogP) is 2.21. The van der Waals surface area contributed by atoms with E-state index >= 15 is 0 Å². The molecule has 0 unspecified atom stereocenters. The Balaban J connectivity index is 1.38. The molecule has 1 saturated heterocycles. The third-order valence-corrected chi connectivity index (χ3v) is 4.74. The van der Waals surface area contributed by atoms with Crippen LogP contribution in [0.15, 0.2) is 55.1 Å². The van der Waals surface area contributed by atoms with Gasteiger partial charge in [0.1, 0.15) is 23.7 Å². The second kappa shape index (κ2) is 8.51. The average Bonchev–Trinajstić information content (AvgIpc) is 2.79. The normalized spacial score (nSPS) is 14.0. The van der Waals surface area contributed by atoms with E-state index in [1.807, 2.05) is 36.4 Å². The van der Waals surface area contributed by atoms with Crippen molar-refractivity contribution >= 4 is 17.6 Å². The highest BCUT2D eigenvalue weighted by atomic mass is 16.5. The molecule has 0 amide bonds. The Kier molecular flexibility index (Phi) is 5.46. The van der Waals surface area contributed by atoms with Crippen molar-refractivity contribution in [2.45, 2.75) is 6.54 Å². The number of anilines is 3. The highest BCUT2D eigenvalue weighted by molar-refractivity contribution is 5.50. The van der Waals surface area contributed by atoms with Crippen molar-refractivity contribution in [1.82, 2.24) is 19.9 Å². The summed E-state index contributed by atoms with van der Waals surface area (Å²) in [6, 6.07) is 11.8. The van der Waals surface area contributed by atoms with E-state index in [4.69, 9.17) is 4.74 Å². The van der Waals surface area contributed by atoms with Gasteiger partial charge in [-0.15, -0.1) is 0 Å². The second-order valence-electron chi connectivity index (χ2n) is 6.45. The van der Waals surface area contributed by atoms with Crippen LogP contribution < -0.4 is 19.9 Å². The number of rotatable bonds is 6. The Morgan fingerprint density at radius 2 is 1.68 bits per heavy atom. The molecule has 1 N–H and O–H groups in total. The monoisotopic (exact) mass is 377 g/mol. The molecule has 3 heterocycles. The molecule has 3 aromatic rings. The van der Waals surface area contributed by atoms with Gasteiger partial charge in [0.15, 0.2) is 0 Å². The SMILES string of the molecule is COc1ccccc1CNc1cc(N2CCN(c3ncccn3)CC2)ncn1. The van der Waals surface area contributed by atoms with Crippen molar-refractivity contribution in [1.29, 1.82) is 0 Å². The summed E-state index contributed by atoms with van der Waals surface area (Å²) in [4.78, 5) is 21.9. The van der Waals surface area contributed by atoms with E-state index in [0.717, 1.165) is 55.1 Å². The summed E-state index contributed by atoms with van der Waals surface area (Å²) in [6.07, 6.45) is 5.16. The van der Waals surface area contributed by atoms with Crippen molar-refractivity contribution < 1.29 is 4.74 Å². The zero-order valence-corrected chi connectivity index (χ0v) is 15.8. The molecule has 0 radical (unpaired) electrons. The number of ether oxygens (including phenoxy) is 1. The standard InChI is InChI=1S/C20H23N7O/c1-28-17-6-3-2-5-16(17)14-23-18-13-19(25-15-24-18)26-9-11-27(12-10-26)20-21-7-4-8-22-20/h2-8,13,15H,9-12,14H2,1H3,(H,23,24,25). The fourth-order valence-electron chi connectivity index (χ4n) is 3.24. The molecule has 0 aliphatic carbocycles. The number of benzene rings is 1. The Bertz CT molecular complexity index is 898. The number of hydrogen-bond acceptors (Lipinski definition) is 8. The third-order valence-electron chi connectivity index (χ3n) is 4.74. The molecule has 8 nitrogen and oxygen atoms in total. The highest BCUT2D eigenvalue weighted by Crippen LogP contribution is 2.21. The topological polar surface area (TPSA) is 79.3 Å². The third kappa shape index (κ3) is 4.11. The van der Waals surface area contributed by atoms with Crippen LogP contribution in [-0.4, -0.2) is 53.2 Å². The lowest BCUT2D eigenvalue weighted by Crippen LogP contribution is -2.47. The van der Waals surface area contributed by atoms with Gasteiger partial charge in [0.05, 0.1) is 7.11 Å². The van der Waals surface area contributed by atoms with Crippen LogP contribution in [0.25, 0.3) is 0 Å². The van der Waals surface area contributed by atoms with Gasteiger partial charge < -0.3 is 19.9 Å². The summed E-state index contributed by atoms with van der Waals surface area (Å²) in [5.41, 5.74) is 1.08. The van der Waals surface area contributed by atoms with Crippen molar-refractivity contribution in [2.75, 3.05) is 48.4 Å². The van der Waals surface area contributed by atoms with Gasteiger partial charge in [-0.3, -0.25) is 0 Å². The summed E-state index contributed by atoms with van der Waals surface area (Å²) in [6.45, 7) is 4.08. The number of aromatic nitrogens is 4. The summed E-state index contributed by atoms with van der Waals surface area (Å²) >= 11 is 0. The van der Waals surface area contributed by atoms with Crippen molar-refractivity contribution in [3.8, 4) is 5.75 Å². The van der Waals surface area contributed by atoms with E-state index in [1.165, 1.54) is 0 Å². The summed E-state index contributed by atoms with van der Waals surface area (Å²) in [5, 5.41) is 3.36. The van der Waals surface area contributed by atoms with E-state index in [-0.39, 0.29) is 0 Å². The zero-order valence-electron chi connectivity index (χ0n) is 15.8. The van der Waals surface area contributed by atoms with E-state index < -0.39 is 0 Å². The largest absolute Gasteiger partial charge is 0.496 e. The number of nitrogens with one attached hydrogen (secondary N) is 1. The maximum atomic E-state index is 5.40. The van der Waals surface area contributed by atoms with Gasteiger partial charge >= 0.3 is 0 Å². The van der Waals surface area contributed by atoms with E-state index in [9.17, 15) is 0 Å². The maximum Gasteiger partial charge on any atom is 0.225 e. The Labute approximate surface area is 164 Å². The molecule has 1 fully saturated rings. The predicted molar refractivity (Wildman–Crippen MR) is 109 cm³/mol. The lowest BCUT2D eigenvalue weighted by molar-refractivity contribution is 0.410. The van der Waals surface area contributed by atoms with Crippen molar-refractivity contribution in [3.05, 3.63) is 60.7 Å². The van der Waals surface area contributed by atoms with Crippen molar-refractivity contribution in [2.24, 2.45) is 0 Å². The van der Waals surface area contributed by atoms with Crippen LogP contribution in [0.2, 0.25) is 0 Å². The summed E-state index contributed by atoms with van der Waals surface area (Å²) in [7, 11) is 1.68. The molecule has 1 aromatic carbocycles. The minimum atomic E-state index is 0.638. The first-order chi connectivity index (χ1) is 13.8. The molecule has 8 heteroatoms. The van der Waals surface area contributed by atoms with Gasteiger partial charge in [-0.25, -0.2) is 19.9 Å². The first-order valence-corrected chi connectivity index (χ1v) is 9.28. The van der Waals surface area contributed by atoms with Crippen molar-refractivity contribution in [3.63, 3.8) is 0 Å². The van der Waals surface area contributed by atoms with E-state index in [2.05, 4.69) is 35.1 Å². The van der Waals surface area contributed by atoms with E-state index in [0.29, 0.717) is 6.54 Å². The summed E-state index contributed by atoms with van der Waals surface area (Å²) in [5.74, 6) is 3.36. The molecule has 1 aliphatic rings. The minimum absolute atomic E-state index is 0.638. The number of para-hydroxylation sites is 1. The van der Waals surface area contributed by atoms with Crippen LogP contribution in [0.1, 0.15) is 5.56 Å². The molecule has 0 bridgehead atoms. The number of piperazine rings is 1. The minimum Gasteiger partial charge on any atom is -0.496 e. The first-order valence-electron chi connectivity index (χ1n) is 9.28. The first kappa shape index (κ1) is 18.0. The molecule has 4 rings (SSSR count). The van der Waals surface area contributed by atoms with Crippen LogP contribution in [0, 0.1) is 0 Å². The van der Waals surface area contributed by atoms with Gasteiger partial charge in [0.25, 0.3) is 0 Å². The van der Waals surface area contributed by atoms with Gasteiger partial charge in [-0.05, 0) is 12.1 Å². The Morgan fingerprint density at radius 3 is 2.46 bits per heavy atom. The molecule has 28 heavy (non-hydrogen) atoms. The van der Waals surface area contributed by atoms with Gasteiger partial charge in [-0.2, -0.15) is 0 Å². The van der Waals surface area contributed by atoms with Crippen LogP contribution in [0.3, 0.4) is 0 Å². The van der Waals surface area contributed by atoms with E-state index in [1.54, 1.807) is 25.8 Å². The Morgan fingerprint density at radius 1 is 0.929 bits per heavy atom. The molecule has 0 atom stereocenters. The van der Waals surface area contributed by atoms with Crippen LogP contribution >= 0.6 is 0 Å². The summed E-state index contributed by atoms with van der Waals surface area (Å²) < 4.78 is 5.40. The lowest BCUT2D eigenvalue weighted by Gasteiger charge is -2.35. The zero-order chi connectivity index (χ0) is 19.2. The number of methoxy groups -OCH3 is 1. The molecule has 2 aromatic heterocycles. The molecule has 0 saturated carbocycles. The molecule has 144 valence electrons. The van der Waals surface area contributed by atoms with Gasteiger partial charge in [0.2, 0.25) is 5.95 Å². The molecular formula is C20H23N7O. The lowest BCUT2D eigenvalue weighted by atomic mass is 10.2. The second-order valence-corrected chi connectivity index (χ2v) is 6.45. The molecule has 1 aliphatic heterocycles. The fraction of sp³-hybridized carbons (Fsp3) is 0.300. The number of nitrogens with zero attached hydrogens (tertiary/aromatic N) is 6. The number of hydrogen-bond donors (Lipinski definition) is 1. The Hall–Kier alpha value is -3.42. The average molecular weight is 377 g/mol. The maximum absolute atomic E-state index is 5.40. The van der Waals surface area contributed by atoms with Crippen LogP contribution in [0.5, 0.6) is 5.75 Å². The smallest absolute Gasteiger partial charge is 0.225 e. The molecular weight excluding hydrogens is 354 g/mol. The van der Waals surface area contributed by atoms with Crippen LogP contribution in [-0.2, 0) is 6.54 Å². The highest BCUT2D eigenvalue weighted by Gasteiger charge is 2.20.